The van der Waals surface area contributed by atoms with Crippen LogP contribution in [0.2, 0.25) is 0 Å². The van der Waals surface area contributed by atoms with Crippen LogP contribution >= 0.6 is 24.0 Å². The summed E-state index contributed by atoms with van der Waals surface area (Å²) < 4.78 is 54.7. The quantitative estimate of drug-likeness (QED) is 0.217. The van der Waals surface area contributed by atoms with Crippen molar-refractivity contribution in [2.75, 3.05) is 6.54 Å². The first-order chi connectivity index (χ1) is 13.8. The van der Waals surface area contributed by atoms with Gasteiger partial charge in [-0.15, -0.1) is 24.0 Å². The summed E-state index contributed by atoms with van der Waals surface area (Å²) >= 11 is 0. The molecule has 162 valence electrons. The third-order valence-corrected chi connectivity index (χ3v) is 4.42. The lowest BCUT2D eigenvalue weighted by Crippen LogP contribution is -2.37. The van der Waals surface area contributed by atoms with Crippen molar-refractivity contribution < 1.29 is 17.6 Å². The smallest absolute Gasteiger partial charge is 0.357 e. The zero-order valence-corrected chi connectivity index (χ0v) is 18.8. The number of guanidine groups is 1. The van der Waals surface area contributed by atoms with Crippen LogP contribution in [-0.2, 0) is 26.3 Å². The molecule has 3 rings (SSSR count). The van der Waals surface area contributed by atoms with E-state index in [1.54, 1.807) is 0 Å². The van der Waals surface area contributed by atoms with E-state index >= 15 is 0 Å². The Hall–Kier alpha value is -2.37. The molecular formula is C20H22F4IN5. The normalized spacial score (nSPS) is 12.0. The van der Waals surface area contributed by atoms with Crippen molar-refractivity contribution in [3.8, 4) is 0 Å². The van der Waals surface area contributed by atoms with E-state index in [1.165, 1.54) is 0 Å². The van der Waals surface area contributed by atoms with Crippen molar-refractivity contribution in [3.63, 3.8) is 0 Å². The SMILES string of the molecule is CCNC(=NCc1ccc(F)cc1C(F)(F)F)NCc1nc2ccccc2n1C.I. The lowest BCUT2D eigenvalue weighted by Gasteiger charge is -2.14. The Morgan fingerprint density at radius 1 is 1.13 bits per heavy atom. The minimum atomic E-state index is -4.65. The van der Waals surface area contributed by atoms with Gasteiger partial charge in [0.25, 0.3) is 0 Å². The highest BCUT2D eigenvalue weighted by molar-refractivity contribution is 14.0. The Bertz CT molecular complexity index is 1030. The van der Waals surface area contributed by atoms with E-state index in [4.69, 9.17) is 0 Å². The summed E-state index contributed by atoms with van der Waals surface area (Å²) in [5.74, 6) is 0.170. The third kappa shape index (κ3) is 5.61. The van der Waals surface area contributed by atoms with E-state index in [1.807, 2.05) is 42.8 Å². The number of hydrogen-bond acceptors (Lipinski definition) is 2. The zero-order chi connectivity index (χ0) is 21.0. The number of hydrogen-bond donors (Lipinski definition) is 2. The number of alkyl halides is 3. The number of rotatable bonds is 5. The van der Waals surface area contributed by atoms with Gasteiger partial charge in [0.15, 0.2) is 5.96 Å². The molecule has 0 aliphatic heterocycles. The maximum absolute atomic E-state index is 13.3. The molecule has 1 aromatic heterocycles. The van der Waals surface area contributed by atoms with Gasteiger partial charge in [-0.1, -0.05) is 18.2 Å². The Morgan fingerprint density at radius 2 is 1.87 bits per heavy atom. The first-order valence-electron chi connectivity index (χ1n) is 9.07. The van der Waals surface area contributed by atoms with Crippen LogP contribution in [0.1, 0.15) is 23.9 Å². The van der Waals surface area contributed by atoms with E-state index in [-0.39, 0.29) is 36.1 Å². The molecule has 0 amide bonds. The highest BCUT2D eigenvalue weighted by Gasteiger charge is 2.33. The van der Waals surface area contributed by atoms with E-state index < -0.39 is 17.6 Å². The molecular weight excluding hydrogens is 513 g/mol. The molecule has 2 N–H and O–H groups in total. The predicted octanol–water partition coefficient (Wildman–Crippen LogP) is 4.60. The number of benzene rings is 2. The van der Waals surface area contributed by atoms with Gasteiger partial charge in [0, 0.05) is 13.6 Å². The van der Waals surface area contributed by atoms with Crippen LogP contribution in [-0.4, -0.2) is 22.1 Å². The van der Waals surface area contributed by atoms with Crippen molar-refractivity contribution in [3.05, 3.63) is 65.2 Å². The van der Waals surface area contributed by atoms with E-state index in [0.717, 1.165) is 29.0 Å². The summed E-state index contributed by atoms with van der Waals surface area (Å²) in [6, 6.07) is 10.3. The van der Waals surface area contributed by atoms with Gasteiger partial charge in [-0.2, -0.15) is 13.2 Å². The summed E-state index contributed by atoms with van der Waals surface area (Å²) in [7, 11) is 1.89. The highest BCUT2D eigenvalue weighted by Crippen LogP contribution is 2.32. The van der Waals surface area contributed by atoms with Crippen molar-refractivity contribution in [2.45, 2.75) is 26.2 Å². The molecule has 30 heavy (non-hydrogen) atoms. The van der Waals surface area contributed by atoms with Gasteiger partial charge in [0.1, 0.15) is 11.6 Å². The molecule has 10 heteroatoms. The van der Waals surface area contributed by atoms with Crippen molar-refractivity contribution in [1.82, 2.24) is 20.2 Å². The molecule has 0 aliphatic rings. The number of para-hydroxylation sites is 2. The lowest BCUT2D eigenvalue weighted by molar-refractivity contribution is -0.138. The van der Waals surface area contributed by atoms with Gasteiger partial charge in [-0.25, -0.2) is 14.4 Å². The molecule has 0 spiro atoms. The Morgan fingerprint density at radius 3 is 2.53 bits per heavy atom. The fraction of sp³-hybridized carbons (Fsp3) is 0.300. The van der Waals surface area contributed by atoms with Crippen LogP contribution in [0.5, 0.6) is 0 Å². The Labute approximate surface area is 188 Å². The summed E-state index contributed by atoms with van der Waals surface area (Å²) in [5.41, 5.74) is 0.716. The average Bonchev–Trinajstić information content (AvgIpc) is 3.00. The topological polar surface area (TPSA) is 54.2 Å². The van der Waals surface area contributed by atoms with Crippen LogP contribution in [0.3, 0.4) is 0 Å². The van der Waals surface area contributed by atoms with Crippen LogP contribution in [0, 0.1) is 5.82 Å². The second-order valence-electron chi connectivity index (χ2n) is 6.42. The highest BCUT2D eigenvalue weighted by atomic mass is 127. The minimum absolute atomic E-state index is 0. The van der Waals surface area contributed by atoms with Crippen LogP contribution in [0.15, 0.2) is 47.5 Å². The number of aromatic nitrogens is 2. The fourth-order valence-corrected chi connectivity index (χ4v) is 2.97. The Balaban J connectivity index is 0.00000320. The van der Waals surface area contributed by atoms with Crippen LogP contribution < -0.4 is 10.6 Å². The second-order valence-corrected chi connectivity index (χ2v) is 6.42. The molecule has 0 saturated heterocycles. The number of nitrogens with zero attached hydrogens (tertiary/aromatic N) is 3. The third-order valence-electron chi connectivity index (χ3n) is 4.42. The second kappa shape index (κ2) is 10.1. The molecule has 2 aromatic carbocycles. The van der Waals surface area contributed by atoms with E-state index in [2.05, 4.69) is 20.6 Å². The summed E-state index contributed by atoms with van der Waals surface area (Å²) in [6.45, 7) is 2.48. The van der Waals surface area contributed by atoms with E-state index in [0.29, 0.717) is 25.1 Å². The number of nitrogens with one attached hydrogen (secondary N) is 2. The van der Waals surface area contributed by atoms with Gasteiger partial charge in [-0.05, 0) is 36.8 Å². The van der Waals surface area contributed by atoms with Gasteiger partial charge in [0.05, 0.1) is 29.7 Å². The molecule has 1 heterocycles. The standard InChI is InChI=1S/C20H21F4N5.HI/c1-3-25-19(26-11-13-8-9-14(21)10-15(13)20(22,23)24)27-12-18-28-16-6-4-5-7-17(16)29(18)2;/h4-10H,3,11-12H2,1-2H3,(H2,25,26,27);1H. The van der Waals surface area contributed by atoms with Gasteiger partial charge >= 0.3 is 6.18 Å². The molecule has 0 bridgehead atoms. The van der Waals surface area contributed by atoms with Crippen LogP contribution in [0.4, 0.5) is 17.6 Å². The number of imidazole rings is 1. The maximum atomic E-state index is 13.3. The number of aliphatic imine (C=N–C) groups is 1. The molecule has 0 fully saturated rings. The first-order valence-corrected chi connectivity index (χ1v) is 9.07. The number of halogens is 5. The molecule has 0 aliphatic carbocycles. The zero-order valence-electron chi connectivity index (χ0n) is 16.4. The van der Waals surface area contributed by atoms with Gasteiger partial charge in [0.2, 0.25) is 0 Å². The molecule has 5 nitrogen and oxygen atoms in total. The summed E-state index contributed by atoms with van der Waals surface area (Å²) in [4.78, 5) is 8.77. The lowest BCUT2D eigenvalue weighted by atomic mass is 10.1. The summed E-state index contributed by atoms with van der Waals surface area (Å²) in [6.07, 6.45) is -4.65. The van der Waals surface area contributed by atoms with Crippen LogP contribution in [0.25, 0.3) is 11.0 Å². The summed E-state index contributed by atoms with van der Waals surface area (Å²) in [5, 5.41) is 6.07. The number of fused-ring (bicyclic) bond motifs is 1. The van der Waals surface area contributed by atoms with Crippen molar-refractivity contribution >= 4 is 41.0 Å². The maximum Gasteiger partial charge on any atom is 0.416 e. The van der Waals surface area contributed by atoms with Crippen molar-refractivity contribution in [2.24, 2.45) is 12.0 Å². The van der Waals surface area contributed by atoms with Gasteiger partial charge < -0.3 is 15.2 Å². The fourth-order valence-electron chi connectivity index (χ4n) is 2.97. The minimum Gasteiger partial charge on any atom is -0.357 e. The molecule has 0 saturated carbocycles. The number of aryl methyl sites for hydroxylation is 1. The molecule has 3 aromatic rings. The molecule has 0 atom stereocenters. The first kappa shape index (κ1) is 23.9. The predicted molar refractivity (Wildman–Crippen MR) is 119 cm³/mol. The largest absolute Gasteiger partial charge is 0.416 e. The average molecular weight is 535 g/mol. The monoisotopic (exact) mass is 535 g/mol. The van der Waals surface area contributed by atoms with E-state index in [9.17, 15) is 17.6 Å². The van der Waals surface area contributed by atoms with Gasteiger partial charge in [-0.3, -0.25) is 0 Å². The molecule has 0 unspecified atom stereocenters. The van der Waals surface area contributed by atoms with Crippen molar-refractivity contribution in [1.29, 1.82) is 0 Å². The molecule has 0 radical (unpaired) electrons. The Kier molecular flexibility index (Phi) is 8.04.